The van der Waals surface area contributed by atoms with Gasteiger partial charge in [-0.15, -0.1) is 10.2 Å². The van der Waals surface area contributed by atoms with Gasteiger partial charge in [-0.05, 0) is 78.6 Å². The first-order valence-electron chi connectivity index (χ1n) is 12.7. The number of Topliss-reactive ketones (excluding diaryl/α,β-unsaturated/α-hetero) is 1. The molecule has 0 radical (unpaired) electrons. The first-order valence-corrected chi connectivity index (χ1v) is 12.7. The van der Waals surface area contributed by atoms with Gasteiger partial charge in [-0.1, -0.05) is 32.4 Å². The average molecular weight is 516 g/mol. The second-order valence-electron chi connectivity index (χ2n) is 9.30. The number of nitrogens with one attached hydrogen (secondary N) is 1. The van der Waals surface area contributed by atoms with Crippen LogP contribution in [0.1, 0.15) is 61.5 Å². The number of carbonyl (C=O) groups is 2. The minimum Gasteiger partial charge on any atom is -0.481 e. The molecular formula is C30H30FN3O4. The van der Waals surface area contributed by atoms with E-state index in [1.54, 1.807) is 24.3 Å². The molecule has 0 aliphatic carbocycles. The fourth-order valence-corrected chi connectivity index (χ4v) is 4.15. The van der Waals surface area contributed by atoms with E-state index < -0.39 is 5.97 Å². The smallest absolute Gasteiger partial charge is 0.303 e. The van der Waals surface area contributed by atoms with Gasteiger partial charge in [0.25, 0.3) is 0 Å². The molecule has 0 bridgehead atoms. The summed E-state index contributed by atoms with van der Waals surface area (Å²) in [4.78, 5) is 23.0. The van der Waals surface area contributed by atoms with Crippen LogP contribution in [-0.4, -0.2) is 27.1 Å². The number of anilines is 1. The van der Waals surface area contributed by atoms with Crippen LogP contribution in [0.25, 0.3) is 22.9 Å². The van der Waals surface area contributed by atoms with E-state index in [-0.39, 0.29) is 30.5 Å². The van der Waals surface area contributed by atoms with Gasteiger partial charge in [0.05, 0.1) is 6.04 Å². The van der Waals surface area contributed by atoms with Crippen LogP contribution in [0.5, 0.6) is 0 Å². The molecule has 0 aliphatic heterocycles. The summed E-state index contributed by atoms with van der Waals surface area (Å²) in [6.45, 7) is 4.32. The summed E-state index contributed by atoms with van der Waals surface area (Å²) in [6, 6.07) is 21.2. The number of aromatic nitrogens is 2. The number of halogens is 1. The maximum Gasteiger partial charge on any atom is 0.303 e. The summed E-state index contributed by atoms with van der Waals surface area (Å²) in [5.74, 6) is -0.249. The average Bonchev–Trinajstić information content (AvgIpc) is 3.42. The predicted octanol–water partition coefficient (Wildman–Crippen LogP) is 7.18. The molecule has 0 saturated heterocycles. The van der Waals surface area contributed by atoms with E-state index in [1.165, 1.54) is 12.1 Å². The van der Waals surface area contributed by atoms with Crippen LogP contribution in [-0.2, 0) is 4.79 Å². The largest absolute Gasteiger partial charge is 0.481 e. The van der Waals surface area contributed by atoms with Crippen LogP contribution in [0, 0.1) is 11.7 Å². The molecule has 8 heteroatoms. The zero-order valence-corrected chi connectivity index (χ0v) is 21.4. The number of nitrogens with zero attached hydrogens (tertiary/aromatic N) is 2. The monoisotopic (exact) mass is 515 g/mol. The molecule has 4 aromatic rings. The molecule has 1 aromatic heterocycles. The molecule has 196 valence electrons. The first-order chi connectivity index (χ1) is 18.3. The summed E-state index contributed by atoms with van der Waals surface area (Å²) in [6.07, 6.45) is 1.50. The number of carboxylic acid groups (broad SMARTS) is 1. The molecule has 2 atom stereocenters. The molecule has 7 nitrogen and oxygen atoms in total. The van der Waals surface area contributed by atoms with Crippen LogP contribution in [0.4, 0.5) is 10.1 Å². The van der Waals surface area contributed by atoms with Gasteiger partial charge in [0.1, 0.15) is 5.82 Å². The van der Waals surface area contributed by atoms with E-state index in [9.17, 15) is 14.0 Å². The minimum absolute atomic E-state index is 0.0112. The highest BCUT2D eigenvalue weighted by atomic mass is 19.1. The molecule has 3 aromatic carbocycles. The Balaban J connectivity index is 1.45. The number of carbonyl (C=O) groups excluding carboxylic acids is 1. The molecule has 4 rings (SSSR count). The highest BCUT2D eigenvalue weighted by Crippen LogP contribution is 2.31. The SMILES string of the molecule is CCC(C)C(Nc1ccc(C(=O)CCCC(=O)O)cc1)c1ccc(-c2nnc(-c3ccc(F)cc3)o2)cc1. The zero-order chi connectivity index (χ0) is 27.1. The molecule has 0 saturated carbocycles. The number of rotatable bonds is 12. The van der Waals surface area contributed by atoms with Crippen LogP contribution < -0.4 is 5.32 Å². The van der Waals surface area contributed by atoms with Gasteiger partial charge in [-0.2, -0.15) is 0 Å². The van der Waals surface area contributed by atoms with Gasteiger partial charge < -0.3 is 14.8 Å². The van der Waals surface area contributed by atoms with E-state index in [0.29, 0.717) is 35.2 Å². The first kappa shape index (κ1) is 26.7. The summed E-state index contributed by atoms with van der Waals surface area (Å²) >= 11 is 0. The summed E-state index contributed by atoms with van der Waals surface area (Å²) in [7, 11) is 0. The van der Waals surface area contributed by atoms with E-state index in [2.05, 4.69) is 29.4 Å². The third-order valence-corrected chi connectivity index (χ3v) is 6.57. The molecule has 2 N–H and O–H groups in total. The van der Waals surface area contributed by atoms with Gasteiger partial charge in [-0.3, -0.25) is 9.59 Å². The highest BCUT2D eigenvalue weighted by Gasteiger charge is 2.19. The lowest BCUT2D eigenvalue weighted by molar-refractivity contribution is -0.137. The molecule has 0 aliphatic rings. The fourth-order valence-electron chi connectivity index (χ4n) is 4.15. The van der Waals surface area contributed by atoms with Crippen molar-refractivity contribution in [1.29, 1.82) is 0 Å². The number of benzene rings is 3. The second kappa shape index (κ2) is 12.3. The third kappa shape index (κ3) is 6.70. The molecular weight excluding hydrogens is 485 g/mol. The number of ketones is 1. The van der Waals surface area contributed by atoms with Crippen molar-refractivity contribution in [3.05, 3.63) is 89.7 Å². The summed E-state index contributed by atoms with van der Waals surface area (Å²) in [5, 5.41) is 20.6. The maximum absolute atomic E-state index is 13.2. The van der Waals surface area contributed by atoms with Gasteiger partial charge in [-0.25, -0.2) is 4.39 Å². The summed E-state index contributed by atoms with van der Waals surface area (Å²) < 4.78 is 19.0. The number of carboxylic acids is 1. The van der Waals surface area contributed by atoms with E-state index in [0.717, 1.165) is 23.2 Å². The lowest BCUT2D eigenvalue weighted by Crippen LogP contribution is -2.18. The predicted molar refractivity (Wildman–Crippen MR) is 143 cm³/mol. The second-order valence-corrected chi connectivity index (χ2v) is 9.30. The quantitative estimate of drug-likeness (QED) is 0.193. The van der Waals surface area contributed by atoms with E-state index in [1.807, 2.05) is 36.4 Å². The van der Waals surface area contributed by atoms with Crippen LogP contribution in [0.3, 0.4) is 0 Å². The Bertz CT molecular complexity index is 1370. The van der Waals surface area contributed by atoms with Crippen molar-refractivity contribution in [2.45, 2.75) is 45.6 Å². The Morgan fingerprint density at radius 1 is 0.895 bits per heavy atom. The zero-order valence-electron chi connectivity index (χ0n) is 21.4. The lowest BCUT2D eigenvalue weighted by atomic mass is 9.91. The van der Waals surface area contributed by atoms with Crippen molar-refractivity contribution in [3.63, 3.8) is 0 Å². The molecule has 2 unspecified atom stereocenters. The van der Waals surface area contributed by atoms with E-state index >= 15 is 0 Å². The fraction of sp³-hybridized carbons (Fsp3) is 0.267. The standard InChI is InChI=1S/C30H30FN3O4/c1-3-19(2)28(32-25-17-13-20(14-18-25)26(35)5-4-6-27(36)37)21-7-9-22(10-8-21)29-33-34-30(38-29)23-11-15-24(31)16-12-23/h7-19,28,32H,3-6H2,1-2H3,(H,36,37). The van der Waals surface area contributed by atoms with Gasteiger partial charge >= 0.3 is 5.97 Å². The molecule has 0 spiro atoms. The summed E-state index contributed by atoms with van der Waals surface area (Å²) in [5.41, 5.74) is 3.99. The third-order valence-electron chi connectivity index (χ3n) is 6.57. The Morgan fingerprint density at radius 2 is 1.47 bits per heavy atom. The molecule has 1 heterocycles. The van der Waals surface area contributed by atoms with Crippen molar-refractivity contribution in [1.82, 2.24) is 10.2 Å². The van der Waals surface area contributed by atoms with Crippen molar-refractivity contribution >= 4 is 17.4 Å². The van der Waals surface area contributed by atoms with Crippen molar-refractivity contribution in [2.75, 3.05) is 5.32 Å². The Kier molecular flexibility index (Phi) is 8.63. The van der Waals surface area contributed by atoms with Crippen LogP contribution in [0.2, 0.25) is 0 Å². The topological polar surface area (TPSA) is 105 Å². The molecule has 0 amide bonds. The van der Waals surface area contributed by atoms with E-state index in [4.69, 9.17) is 9.52 Å². The van der Waals surface area contributed by atoms with Gasteiger partial charge in [0.15, 0.2) is 5.78 Å². The van der Waals surface area contributed by atoms with Gasteiger partial charge in [0, 0.05) is 35.2 Å². The van der Waals surface area contributed by atoms with Crippen molar-refractivity contribution < 1.29 is 23.5 Å². The normalized spacial score (nSPS) is 12.6. The number of hydrogen-bond acceptors (Lipinski definition) is 6. The number of aliphatic carboxylic acids is 1. The lowest BCUT2D eigenvalue weighted by Gasteiger charge is -2.26. The van der Waals surface area contributed by atoms with Crippen LogP contribution in [0.15, 0.2) is 77.2 Å². The van der Waals surface area contributed by atoms with Crippen molar-refractivity contribution in [3.8, 4) is 22.9 Å². The Labute approximate surface area is 220 Å². The Hall–Kier alpha value is -4.33. The van der Waals surface area contributed by atoms with Gasteiger partial charge in [0.2, 0.25) is 11.8 Å². The Morgan fingerprint density at radius 3 is 2.03 bits per heavy atom. The number of hydrogen-bond donors (Lipinski definition) is 2. The highest BCUT2D eigenvalue weighted by molar-refractivity contribution is 5.96. The van der Waals surface area contributed by atoms with Crippen molar-refractivity contribution in [2.24, 2.45) is 5.92 Å². The molecule has 38 heavy (non-hydrogen) atoms. The molecule has 0 fully saturated rings. The minimum atomic E-state index is -0.895. The van der Waals surface area contributed by atoms with Crippen LogP contribution >= 0.6 is 0 Å². The maximum atomic E-state index is 13.2.